The zero-order valence-corrected chi connectivity index (χ0v) is 17.5. The minimum Gasteiger partial charge on any atom is -0.444 e. The first-order chi connectivity index (χ1) is 12.6. The number of hydrogen-bond donors (Lipinski definition) is 1. The maximum absolute atomic E-state index is 11.6. The molecule has 1 N–H and O–H groups in total. The van der Waals surface area contributed by atoms with Gasteiger partial charge in [0.05, 0.1) is 45.9 Å². The average molecular weight is 412 g/mol. The fourth-order valence-corrected chi connectivity index (χ4v) is 2.77. The molecule has 0 spiro atoms. The number of rotatable bonds is 13. The highest BCUT2D eigenvalue weighted by atomic mass is 32.2. The third-order valence-corrected chi connectivity index (χ3v) is 4.17. The van der Waals surface area contributed by atoms with Crippen LogP contribution in [0.4, 0.5) is 4.79 Å². The summed E-state index contributed by atoms with van der Waals surface area (Å²) in [7, 11) is -3.41. The van der Waals surface area contributed by atoms with Crippen molar-refractivity contribution in [1.82, 2.24) is 5.32 Å². The Hall–Kier alpha value is -0.940. The minimum atomic E-state index is -3.41. The lowest BCUT2D eigenvalue weighted by atomic mass is 9.81. The van der Waals surface area contributed by atoms with Gasteiger partial charge >= 0.3 is 6.09 Å². The zero-order valence-electron chi connectivity index (χ0n) is 16.7. The van der Waals surface area contributed by atoms with Gasteiger partial charge < -0.3 is 24.3 Å². The minimum absolute atomic E-state index is 0.00706. The second-order valence-electron chi connectivity index (χ2n) is 7.51. The van der Waals surface area contributed by atoms with Crippen LogP contribution in [0.5, 0.6) is 0 Å². The molecule has 1 fully saturated rings. The molecule has 0 atom stereocenters. The molecule has 1 aliphatic rings. The van der Waals surface area contributed by atoms with Crippen molar-refractivity contribution in [3.05, 3.63) is 0 Å². The molecule has 9 nitrogen and oxygen atoms in total. The maximum atomic E-state index is 11.6. The Kier molecular flexibility index (Phi) is 10.5. The summed E-state index contributed by atoms with van der Waals surface area (Å²) in [6, 6.07) is 0.161. The molecule has 0 radical (unpaired) electrons. The maximum Gasteiger partial charge on any atom is 0.407 e. The molecule has 1 amide bonds. The van der Waals surface area contributed by atoms with Gasteiger partial charge in [-0.3, -0.25) is 4.18 Å². The van der Waals surface area contributed by atoms with E-state index >= 15 is 0 Å². The zero-order chi connectivity index (χ0) is 20.3. The lowest BCUT2D eigenvalue weighted by Gasteiger charge is -2.35. The van der Waals surface area contributed by atoms with E-state index in [-0.39, 0.29) is 25.3 Å². The SMILES string of the molecule is CC(C)(C)OC(=O)NC1CC(COCCOCCOCCOS(C)(=O)=O)C1. The van der Waals surface area contributed by atoms with E-state index in [1.165, 1.54) is 0 Å². The third kappa shape index (κ3) is 13.8. The Balaban J connectivity index is 1.85. The van der Waals surface area contributed by atoms with Crippen LogP contribution in [-0.4, -0.2) is 78.7 Å². The molecule has 0 aromatic carbocycles. The van der Waals surface area contributed by atoms with Crippen LogP contribution >= 0.6 is 0 Å². The third-order valence-electron chi connectivity index (χ3n) is 3.58. The monoisotopic (exact) mass is 411 g/mol. The van der Waals surface area contributed by atoms with E-state index in [9.17, 15) is 13.2 Å². The Labute approximate surface area is 162 Å². The van der Waals surface area contributed by atoms with Gasteiger partial charge in [0, 0.05) is 12.6 Å². The Bertz CT molecular complexity index is 526. The van der Waals surface area contributed by atoms with Gasteiger partial charge in [0.1, 0.15) is 5.60 Å². The van der Waals surface area contributed by atoms with Gasteiger partial charge in [0.2, 0.25) is 0 Å². The Morgan fingerprint density at radius 3 is 2.00 bits per heavy atom. The van der Waals surface area contributed by atoms with Gasteiger partial charge in [-0.25, -0.2) is 4.79 Å². The molecule has 0 unspecified atom stereocenters. The molecule has 1 saturated carbocycles. The van der Waals surface area contributed by atoms with Gasteiger partial charge in [0.25, 0.3) is 10.1 Å². The van der Waals surface area contributed by atoms with Crippen LogP contribution in [0.3, 0.4) is 0 Å². The molecule has 0 heterocycles. The summed E-state index contributed by atoms with van der Waals surface area (Å²) in [4.78, 5) is 11.6. The Morgan fingerprint density at radius 2 is 1.48 bits per heavy atom. The van der Waals surface area contributed by atoms with E-state index in [0.717, 1.165) is 19.1 Å². The first kappa shape index (κ1) is 24.1. The summed E-state index contributed by atoms with van der Waals surface area (Å²) < 4.78 is 47.3. The van der Waals surface area contributed by atoms with Crippen LogP contribution in [0.2, 0.25) is 0 Å². The summed E-state index contributed by atoms with van der Waals surface area (Å²) in [5, 5.41) is 2.85. The molecular formula is C17H33NO8S. The molecule has 27 heavy (non-hydrogen) atoms. The number of carbonyl (C=O) groups excluding carboxylic acids is 1. The fourth-order valence-electron chi connectivity index (χ4n) is 2.40. The van der Waals surface area contributed by atoms with Crippen LogP contribution in [0.25, 0.3) is 0 Å². The van der Waals surface area contributed by atoms with Crippen LogP contribution in [0.1, 0.15) is 33.6 Å². The van der Waals surface area contributed by atoms with Crippen LogP contribution in [-0.2, 0) is 33.2 Å². The second kappa shape index (κ2) is 11.8. The van der Waals surface area contributed by atoms with E-state index in [4.69, 9.17) is 18.9 Å². The van der Waals surface area contributed by atoms with Gasteiger partial charge in [-0.1, -0.05) is 0 Å². The number of ether oxygens (including phenoxy) is 4. The van der Waals surface area contributed by atoms with Crippen molar-refractivity contribution in [3.8, 4) is 0 Å². The number of carbonyl (C=O) groups is 1. The van der Waals surface area contributed by atoms with Crippen molar-refractivity contribution in [2.45, 2.75) is 45.3 Å². The normalized spacial score (nSPS) is 20.1. The van der Waals surface area contributed by atoms with E-state index in [1.54, 1.807) is 0 Å². The van der Waals surface area contributed by atoms with E-state index in [0.29, 0.717) is 39.0 Å². The number of alkyl carbamates (subject to hydrolysis) is 1. The predicted molar refractivity (Wildman–Crippen MR) is 99.1 cm³/mol. The van der Waals surface area contributed by atoms with Crippen LogP contribution in [0.15, 0.2) is 0 Å². The van der Waals surface area contributed by atoms with Gasteiger partial charge in [-0.05, 0) is 39.5 Å². The molecule has 0 bridgehead atoms. The van der Waals surface area contributed by atoms with Crippen molar-refractivity contribution < 1.29 is 36.3 Å². The topological polar surface area (TPSA) is 109 Å². The van der Waals surface area contributed by atoms with E-state index < -0.39 is 15.7 Å². The smallest absolute Gasteiger partial charge is 0.407 e. The molecular weight excluding hydrogens is 378 g/mol. The Morgan fingerprint density at radius 1 is 0.963 bits per heavy atom. The molecule has 0 aliphatic heterocycles. The quantitative estimate of drug-likeness (QED) is 0.357. The lowest BCUT2D eigenvalue weighted by molar-refractivity contribution is -0.00751. The van der Waals surface area contributed by atoms with Gasteiger partial charge in [-0.15, -0.1) is 0 Å². The van der Waals surface area contributed by atoms with Crippen LogP contribution in [0, 0.1) is 5.92 Å². The molecule has 0 aromatic heterocycles. The van der Waals surface area contributed by atoms with Crippen molar-refractivity contribution >= 4 is 16.2 Å². The fraction of sp³-hybridized carbons (Fsp3) is 0.941. The molecule has 1 rings (SSSR count). The highest BCUT2D eigenvalue weighted by molar-refractivity contribution is 7.85. The molecule has 160 valence electrons. The van der Waals surface area contributed by atoms with Crippen molar-refractivity contribution in [2.24, 2.45) is 5.92 Å². The van der Waals surface area contributed by atoms with Crippen molar-refractivity contribution in [2.75, 3.05) is 52.5 Å². The highest BCUT2D eigenvalue weighted by Crippen LogP contribution is 2.27. The predicted octanol–water partition coefficient (Wildman–Crippen LogP) is 1.32. The first-order valence-electron chi connectivity index (χ1n) is 9.12. The summed E-state index contributed by atoms with van der Waals surface area (Å²) in [5.74, 6) is 0.447. The summed E-state index contributed by atoms with van der Waals surface area (Å²) in [5.41, 5.74) is -0.481. The summed E-state index contributed by atoms with van der Waals surface area (Å²) in [6.45, 7) is 8.12. The first-order valence-corrected chi connectivity index (χ1v) is 10.9. The van der Waals surface area contributed by atoms with Crippen LogP contribution < -0.4 is 5.32 Å². The number of hydrogen-bond acceptors (Lipinski definition) is 8. The van der Waals surface area contributed by atoms with Gasteiger partial charge in [-0.2, -0.15) is 8.42 Å². The summed E-state index contributed by atoms with van der Waals surface area (Å²) >= 11 is 0. The summed E-state index contributed by atoms with van der Waals surface area (Å²) in [6.07, 6.45) is 2.41. The van der Waals surface area contributed by atoms with Crippen molar-refractivity contribution in [3.63, 3.8) is 0 Å². The standard InChI is InChI=1S/C17H33NO8S/c1-17(2,3)26-16(19)18-15-11-14(12-15)13-24-8-7-22-5-6-23-9-10-25-27(4,20)21/h14-15H,5-13H2,1-4H3,(H,18,19). The molecule has 0 saturated heterocycles. The van der Waals surface area contributed by atoms with E-state index in [1.807, 2.05) is 20.8 Å². The van der Waals surface area contributed by atoms with Gasteiger partial charge in [0.15, 0.2) is 0 Å². The highest BCUT2D eigenvalue weighted by Gasteiger charge is 2.31. The largest absolute Gasteiger partial charge is 0.444 e. The average Bonchev–Trinajstić information content (AvgIpc) is 2.46. The molecule has 10 heteroatoms. The van der Waals surface area contributed by atoms with Crippen molar-refractivity contribution in [1.29, 1.82) is 0 Å². The molecule has 0 aromatic rings. The number of nitrogens with one attached hydrogen (secondary N) is 1. The molecule has 1 aliphatic carbocycles. The lowest BCUT2D eigenvalue weighted by Crippen LogP contribution is -2.47. The van der Waals surface area contributed by atoms with E-state index in [2.05, 4.69) is 9.50 Å². The second-order valence-corrected chi connectivity index (χ2v) is 9.15. The number of amides is 1.